The van der Waals surface area contributed by atoms with Gasteiger partial charge in [-0.1, -0.05) is 12.1 Å². The molecule has 1 saturated carbocycles. The van der Waals surface area contributed by atoms with Crippen molar-refractivity contribution in [2.24, 2.45) is 5.92 Å². The van der Waals surface area contributed by atoms with Crippen LogP contribution < -0.4 is 5.32 Å². The highest BCUT2D eigenvalue weighted by molar-refractivity contribution is 5.94. The molecule has 0 unspecified atom stereocenters. The van der Waals surface area contributed by atoms with E-state index in [1.54, 1.807) is 0 Å². The molecule has 5 heteroatoms. The van der Waals surface area contributed by atoms with Crippen LogP contribution in [0.2, 0.25) is 0 Å². The van der Waals surface area contributed by atoms with E-state index in [1.807, 2.05) is 24.3 Å². The molecule has 0 aromatic heterocycles. The number of hydrogen-bond acceptors (Lipinski definition) is 2. The van der Waals surface area contributed by atoms with Crippen LogP contribution in [0.1, 0.15) is 47.5 Å². The molecule has 0 atom stereocenters. The molecule has 1 aliphatic carbocycles. The van der Waals surface area contributed by atoms with Crippen LogP contribution in [0, 0.1) is 5.92 Å². The summed E-state index contributed by atoms with van der Waals surface area (Å²) >= 11 is 0. The van der Waals surface area contributed by atoms with Gasteiger partial charge in [-0.05, 0) is 55.2 Å². The number of rotatable bonds is 4. The summed E-state index contributed by atoms with van der Waals surface area (Å²) in [6.07, 6.45) is 3.32. The highest BCUT2D eigenvalue weighted by Crippen LogP contribution is 2.29. The summed E-state index contributed by atoms with van der Waals surface area (Å²) in [7, 11) is 0. The van der Waals surface area contributed by atoms with Crippen molar-refractivity contribution in [3.8, 4) is 0 Å². The fraction of sp³-hybridized carbons (Fsp3) is 0.529. The molecule has 2 amide bonds. The number of nitrogens with one attached hydrogen (secondary N) is 1. The first kappa shape index (κ1) is 14.9. The molecule has 5 nitrogen and oxygen atoms in total. The van der Waals surface area contributed by atoms with Crippen molar-refractivity contribution < 1.29 is 14.7 Å². The monoisotopic (exact) mass is 302 g/mol. The molecule has 0 spiro atoms. The summed E-state index contributed by atoms with van der Waals surface area (Å²) in [6, 6.07) is 7.77. The van der Waals surface area contributed by atoms with E-state index >= 15 is 0 Å². The van der Waals surface area contributed by atoms with Crippen molar-refractivity contribution in [1.29, 1.82) is 0 Å². The average Bonchev–Trinajstić information content (AvgIpc) is 3.37. The Morgan fingerprint density at radius 3 is 2.27 bits per heavy atom. The normalized spacial score (nSPS) is 19.0. The van der Waals surface area contributed by atoms with Gasteiger partial charge >= 0.3 is 6.09 Å². The van der Waals surface area contributed by atoms with E-state index in [9.17, 15) is 9.59 Å². The van der Waals surface area contributed by atoms with Gasteiger partial charge in [0.2, 0.25) is 0 Å². The van der Waals surface area contributed by atoms with Crippen molar-refractivity contribution in [2.45, 2.75) is 31.6 Å². The third-order valence-electron chi connectivity index (χ3n) is 4.66. The lowest BCUT2D eigenvalue weighted by Gasteiger charge is -2.30. The van der Waals surface area contributed by atoms with Crippen molar-refractivity contribution in [2.75, 3.05) is 19.6 Å². The molecule has 2 fully saturated rings. The van der Waals surface area contributed by atoms with E-state index < -0.39 is 6.09 Å². The molecule has 0 bridgehead atoms. The quantitative estimate of drug-likeness (QED) is 0.898. The molecule has 1 aromatic rings. The maximum absolute atomic E-state index is 12.0. The zero-order valence-electron chi connectivity index (χ0n) is 12.6. The smallest absolute Gasteiger partial charge is 0.407 e. The molecule has 2 aliphatic rings. The van der Waals surface area contributed by atoms with Crippen LogP contribution in [-0.2, 0) is 0 Å². The Labute approximate surface area is 130 Å². The van der Waals surface area contributed by atoms with Crippen LogP contribution in [0.25, 0.3) is 0 Å². The van der Waals surface area contributed by atoms with Crippen LogP contribution in [0.4, 0.5) is 4.79 Å². The van der Waals surface area contributed by atoms with Crippen molar-refractivity contribution in [3.63, 3.8) is 0 Å². The fourth-order valence-electron chi connectivity index (χ4n) is 2.97. The van der Waals surface area contributed by atoms with E-state index in [2.05, 4.69) is 5.32 Å². The van der Waals surface area contributed by atoms with Gasteiger partial charge in [0, 0.05) is 25.2 Å². The zero-order chi connectivity index (χ0) is 15.5. The molecular formula is C17H22N2O3. The van der Waals surface area contributed by atoms with E-state index in [0.717, 1.165) is 19.4 Å². The first-order valence-corrected chi connectivity index (χ1v) is 7.99. The van der Waals surface area contributed by atoms with Crippen LogP contribution >= 0.6 is 0 Å². The Hall–Kier alpha value is -2.04. The highest BCUT2D eigenvalue weighted by Gasteiger charge is 2.24. The lowest BCUT2D eigenvalue weighted by Crippen LogP contribution is -2.36. The molecule has 1 aliphatic heterocycles. The number of nitrogens with zero attached hydrogens (tertiary/aromatic N) is 1. The SMILES string of the molecule is O=C(NCC1CC1)c1ccc(C2CCN(C(=O)O)CC2)cc1. The van der Waals surface area contributed by atoms with Crippen LogP contribution in [-0.4, -0.2) is 41.6 Å². The molecule has 1 aromatic carbocycles. The second kappa shape index (κ2) is 6.38. The van der Waals surface area contributed by atoms with E-state index in [4.69, 9.17) is 5.11 Å². The minimum atomic E-state index is -0.832. The topological polar surface area (TPSA) is 69.6 Å². The Bertz CT molecular complexity index is 544. The number of likely N-dealkylation sites (tertiary alicyclic amines) is 1. The maximum Gasteiger partial charge on any atom is 0.407 e. The second-order valence-electron chi connectivity index (χ2n) is 6.32. The molecule has 3 rings (SSSR count). The predicted molar refractivity (Wildman–Crippen MR) is 83.1 cm³/mol. The van der Waals surface area contributed by atoms with E-state index in [-0.39, 0.29) is 5.91 Å². The number of carbonyl (C=O) groups excluding carboxylic acids is 1. The average molecular weight is 302 g/mol. The molecule has 118 valence electrons. The molecule has 2 N–H and O–H groups in total. The Morgan fingerprint density at radius 1 is 1.09 bits per heavy atom. The fourth-order valence-corrected chi connectivity index (χ4v) is 2.97. The van der Waals surface area contributed by atoms with Gasteiger partial charge < -0.3 is 15.3 Å². The molecule has 1 heterocycles. The van der Waals surface area contributed by atoms with Crippen LogP contribution in [0.3, 0.4) is 0 Å². The zero-order valence-corrected chi connectivity index (χ0v) is 12.6. The second-order valence-corrected chi connectivity index (χ2v) is 6.32. The first-order valence-electron chi connectivity index (χ1n) is 7.99. The first-order chi connectivity index (χ1) is 10.6. The number of carbonyl (C=O) groups is 2. The summed E-state index contributed by atoms with van der Waals surface area (Å²) in [4.78, 5) is 24.4. The van der Waals surface area contributed by atoms with Gasteiger partial charge in [0.1, 0.15) is 0 Å². The summed E-state index contributed by atoms with van der Waals surface area (Å²) in [5.74, 6) is 1.07. The largest absolute Gasteiger partial charge is 0.465 e. The Kier molecular flexibility index (Phi) is 4.32. The van der Waals surface area contributed by atoms with Crippen molar-refractivity contribution >= 4 is 12.0 Å². The minimum absolute atomic E-state index is 0.000790. The van der Waals surface area contributed by atoms with E-state index in [1.165, 1.54) is 23.3 Å². The summed E-state index contributed by atoms with van der Waals surface area (Å²) in [6.45, 7) is 1.96. The van der Waals surface area contributed by atoms with Gasteiger partial charge in [-0.25, -0.2) is 4.79 Å². The lowest BCUT2D eigenvalue weighted by molar-refractivity contribution is 0.0951. The molecule has 0 radical (unpaired) electrons. The Morgan fingerprint density at radius 2 is 1.73 bits per heavy atom. The summed E-state index contributed by atoms with van der Waals surface area (Å²) < 4.78 is 0. The number of amides is 2. The number of benzene rings is 1. The van der Waals surface area contributed by atoms with Crippen molar-refractivity contribution in [1.82, 2.24) is 10.2 Å². The van der Waals surface area contributed by atoms with Gasteiger partial charge in [0.05, 0.1) is 0 Å². The van der Waals surface area contributed by atoms with Gasteiger partial charge in [-0.15, -0.1) is 0 Å². The molecule has 22 heavy (non-hydrogen) atoms. The highest BCUT2D eigenvalue weighted by atomic mass is 16.4. The minimum Gasteiger partial charge on any atom is -0.465 e. The number of carboxylic acid groups (broad SMARTS) is 1. The lowest BCUT2D eigenvalue weighted by atomic mass is 9.89. The Balaban J connectivity index is 1.54. The molecular weight excluding hydrogens is 280 g/mol. The van der Waals surface area contributed by atoms with Gasteiger partial charge in [-0.3, -0.25) is 4.79 Å². The molecule has 1 saturated heterocycles. The van der Waals surface area contributed by atoms with Gasteiger partial charge in [-0.2, -0.15) is 0 Å². The van der Waals surface area contributed by atoms with Gasteiger partial charge in [0.15, 0.2) is 0 Å². The third kappa shape index (κ3) is 3.59. The van der Waals surface area contributed by atoms with Crippen LogP contribution in [0.15, 0.2) is 24.3 Å². The summed E-state index contributed by atoms with van der Waals surface area (Å²) in [5, 5.41) is 11.9. The van der Waals surface area contributed by atoms with Crippen LogP contribution in [0.5, 0.6) is 0 Å². The number of piperidine rings is 1. The third-order valence-corrected chi connectivity index (χ3v) is 4.66. The van der Waals surface area contributed by atoms with Crippen molar-refractivity contribution in [3.05, 3.63) is 35.4 Å². The standard InChI is InChI=1S/C17H22N2O3/c20-16(18-11-12-1-2-12)15-5-3-13(4-6-15)14-7-9-19(10-8-14)17(21)22/h3-6,12,14H,1-2,7-11H2,(H,18,20)(H,21,22). The number of hydrogen-bond donors (Lipinski definition) is 2. The maximum atomic E-state index is 12.0. The van der Waals surface area contributed by atoms with E-state index in [0.29, 0.717) is 30.5 Å². The summed E-state index contributed by atoms with van der Waals surface area (Å²) in [5.41, 5.74) is 1.90. The predicted octanol–water partition coefficient (Wildman–Crippen LogP) is 2.68. The van der Waals surface area contributed by atoms with Gasteiger partial charge in [0.25, 0.3) is 5.91 Å².